The van der Waals surface area contributed by atoms with Crippen molar-refractivity contribution in [2.75, 3.05) is 26.7 Å². The molecule has 1 aliphatic carbocycles. The average molecular weight is 169 g/mol. The van der Waals surface area contributed by atoms with Crippen LogP contribution in [0.2, 0.25) is 0 Å². The van der Waals surface area contributed by atoms with Crippen LogP contribution in [0.3, 0.4) is 0 Å². The Labute approximate surface area is 74.9 Å². The molecule has 1 saturated heterocycles. The van der Waals surface area contributed by atoms with E-state index in [0.29, 0.717) is 11.5 Å². The maximum absolute atomic E-state index is 5.39. The molecule has 2 nitrogen and oxygen atoms in total. The Morgan fingerprint density at radius 3 is 2.75 bits per heavy atom. The van der Waals surface area contributed by atoms with Gasteiger partial charge in [-0.2, -0.15) is 0 Å². The second-order valence-corrected chi connectivity index (χ2v) is 4.40. The maximum atomic E-state index is 5.39. The van der Waals surface area contributed by atoms with E-state index in [-0.39, 0.29) is 0 Å². The van der Waals surface area contributed by atoms with Crippen molar-refractivity contribution in [2.45, 2.75) is 32.3 Å². The minimum absolute atomic E-state index is 0.559. The minimum atomic E-state index is 0.559. The van der Waals surface area contributed by atoms with Crippen LogP contribution < -0.4 is 0 Å². The highest BCUT2D eigenvalue weighted by Gasteiger charge is 2.47. The van der Waals surface area contributed by atoms with Crippen LogP contribution in [0.1, 0.15) is 26.2 Å². The van der Waals surface area contributed by atoms with Gasteiger partial charge in [0.1, 0.15) is 0 Å². The fourth-order valence-corrected chi connectivity index (χ4v) is 2.77. The van der Waals surface area contributed by atoms with Crippen molar-refractivity contribution in [2.24, 2.45) is 5.41 Å². The lowest BCUT2D eigenvalue weighted by Crippen LogP contribution is -2.54. The molecule has 70 valence electrons. The van der Waals surface area contributed by atoms with Gasteiger partial charge in [0.2, 0.25) is 0 Å². The molecule has 2 fully saturated rings. The van der Waals surface area contributed by atoms with Gasteiger partial charge in [-0.3, -0.25) is 0 Å². The zero-order chi connectivity index (χ0) is 8.60. The molecule has 0 aromatic heterocycles. The van der Waals surface area contributed by atoms with Crippen LogP contribution >= 0.6 is 0 Å². The van der Waals surface area contributed by atoms with Gasteiger partial charge in [-0.15, -0.1) is 0 Å². The molecule has 0 bridgehead atoms. The third kappa shape index (κ3) is 1.27. The summed E-state index contributed by atoms with van der Waals surface area (Å²) in [6, 6.07) is 0. The molecule has 1 spiro atoms. The quantitative estimate of drug-likeness (QED) is 0.621. The van der Waals surface area contributed by atoms with E-state index >= 15 is 0 Å². The summed E-state index contributed by atoms with van der Waals surface area (Å²) in [5.74, 6) is 0. The summed E-state index contributed by atoms with van der Waals surface area (Å²) in [4.78, 5) is 2.53. The van der Waals surface area contributed by atoms with E-state index < -0.39 is 0 Å². The maximum Gasteiger partial charge on any atom is 0.0577 e. The van der Waals surface area contributed by atoms with Gasteiger partial charge >= 0.3 is 0 Å². The van der Waals surface area contributed by atoms with E-state index in [0.717, 1.165) is 0 Å². The molecule has 0 N–H and O–H groups in total. The Morgan fingerprint density at radius 1 is 1.50 bits per heavy atom. The molecule has 1 unspecified atom stereocenters. The molecular formula is C10H19NO. The lowest BCUT2D eigenvalue weighted by Gasteiger charge is -2.48. The van der Waals surface area contributed by atoms with Crippen molar-refractivity contribution in [3.05, 3.63) is 0 Å². The Balaban J connectivity index is 1.84. The number of rotatable bonds is 2. The van der Waals surface area contributed by atoms with Gasteiger partial charge in [-0.25, -0.2) is 0 Å². The van der Waals surface area contributed by atoms with Crippen molar-refractivity contribution < 1.29 is 4.74 Å². The number of methoxy groups -OCH3 is 1. The van der Waals surface area contributed by atoms with Gasteiger partial charge in [0.25, 0.3) is 0 Å². The van der Waals surface area contributed by atoms with Crippen LogP contribution in [0.4, 0.5) is 0 Å². The predicted octanol–water partition coefficient (Wildman–Crippen LogP) is 1.51. The Kier molecular flexibility index (Phi) is 2.13. The fourth-order valence-electron chi connectivity index (χ4n) is 2.77. The number of hydrogen-bond donors (Lipinski definition) is 0. The van der Waals surface area contributed by atoms with Crippen molar-refractivity contribution in [3.63, 3.8) is 0 Å². The first-order chi connectivity index (χ1) is 5.78. The van der Waals surface area contributed by atoms with Crippen LogP contribution in [0, 0.1) is 5.41 Å². The van der Waals surface area contributed by atoms with Gasteiger partial charge in [0.15, 0.2) is 0 Å². The predicted molar refractivity (Wildman–Crippen MR) is 49.2 cm³/mol. The first-order valence-electron chi connectivity index (χ1n) is 5.03. The molecule has 1 aliphatic heterocycles. The van der Waals surface area contributed by atoms with Gasteiger partial charge < -0.3 is 9.64 Å². The summed E-state index contributed by atoms with van der Waals surface area (Å²) >= 11 is 0. The van der Waals surface area contributed by atoms with Crippen LogP contribution in [-0.2, 0) is 4.74 Å². The van der Waals surface area contributed by atoms with E-state index in [1.807, 2.05) is 7.11 Å². The Bertz CT molecular complexity index is 163. The van der Waals surface area contributed by atoms with Crippen molar-refractivity contribution in [1.29, 1.82) is 0 Å². The zero-order valence-electron chi connectivity index (χ0n) is 8.18. The summed E-state index contributed by atoms with van der Waals surface area (Å²) < 4.78 is 5.39. The molecule has 2 heteroatoms. The molecule has 0 aromatic rings. The highest BCUT2D eigenvalue weighted by molar-refractivity contribution is 5.00. The topological polar surface area (TPSA) is 12.5 Å². The standard InChI is InChI=1S/C10H19NO/c1-3-11-7-10(8-11)5-4-9(6-10)12-2/h9H,3-8H2,1-2H3. The summed E-state index contributed by atoms with van der Waals surface area (Å²) in [7, 11) is 1.85. The van der Waals surface area contributed by atoms with E-state index in [1.54, 1.807) is 0 Å². The molecule has 2 rings (SSSR count). The summed E-state index contributed by atoms with van der Waals surface area (Å²) in [6.45, 7) is 6.11. The van der Waals surface area contributed by atoms with Gasteiger partial charge in [-0.1, -0.05) is 6.92 Å². The largest absolute Gasteiger partial charge is 0.381 e. The molecule has 1 atom stereocenters. The van der Waals surface area contributed by atoms with E-state index in [1.165, 1.54) is 38.9 Å². The Morgan fingerprint density at radius 2 is 2.25 bits per heavy atom. The zero-order valence-corrected chi connectivity index (χ0v) is 8.18. The average Bonchev–Trinajstić information content (AvgIpc) is 2.45. The van der Waals surface area contributed by atoms with Crippen molar-refractivity contribution >= 4 is 0 Å². The molecule has 0 aromatic carbocycles. The van der Waals surface area contributed by atoms with Gasteiger partial charge in [0, 0.05) is 20.2 Å². The molecule has 12 heavy (non-hydrogen) atoms. The van der Waals surface area contributed by atoms with Crippen LogP contribution in [0.15, 0.2) is 0 Å². The van der Waals surface area contributed by atoms with Gasteiger partial charge in [0.05, 0.1) is 6.10 Å². The molecular weight excluding hydrogens is 150 g/mol. The first-order valence-corrected chi connectivity index (χ1v) is 5.03. The molecule has 0 amide bonds. The second kappa shape index (κ2) is 3.00. The van der Waals surface area contributed by atoms with Crippen LogP contribution in [-0.4, -0.2) is 37.7 Å². The fraction of sp³-hybridized carbons (Fsp3) is 1.00. The smallest absolute Gasteiger partial charge is 0.0577 e. The highest BCUT2D eigenvalue weighted by atomic mass is 16.5. The van der Waals surface area contributed by atoms with Crippen LogP contribution in [0.25, 0.3) is 0 Å². The molecule has 2 aliphatic rings. The summed E-state index contributed by atoms with van der Waals surface area (Å²) in [5, 5.41) is 0. The number of likely N-dealkylation sites (tertiary alicyclic amines) is 1. The number of nitrogens with zero attached hydrogens (tertiary/aromatic N) is 1. The van der Waals surface area contributed by atoms with Crippen molar-refractivity contribution in [1.82, 2.24) is 4.90 Å². The number of hydrogen-bond acceptors (Lipinski definition) is 2. The highest BCUT2D eigenvalue weighted by Crippen LogP contribution is 2.46. The lowest BCUT2D eigenvalue weighted by atomic mass is 9.78. The van der Waals surface area contributed by atoms with E-state index in [9.17, 15) is 0 Å². The normalized spacial score (nSPS) is 34.0. The van der Waals surface area contributed by atoms with Crippen LogP contribution in [0.5, 0.6) is 0 Å². The number of ether oxygens (including phenoxy) is 1. The monoisotopic (exact) mass is 169 g/mol. The van der Waals surface area contributed by atoms with Gasteiger partial charge in [-0.05, 0) is 31.2 Å². The molecule has 1 saturated carbocycles. The second-order valence-electron chi connectivity index (χ2n) is 4.40. The Hall–Kier alpha value is -0.0800. The first kappa shape index (κ1) is 8.52. The lowest BCUT2D eigenvalue weighted by molar-refractivity contribution is -0.00510. The molecule has 1 heterocycles. The summed E-state index contributed by atoms with van der Waals surface area (Å²) in [6.07, 6.45) is 4.54. The third-order valence-electron chi connectivity index (χ3n) is 3.56. The van der Waals surface area contributed by atoms with E-state index in [4.69, 9.17) is 4.74 Å². The summed E-state index contributed by atoms with van der Waals surface area (Å²) in [5.41, 5.74) is 0.663. The SMILES string of the molecule is CCN1CC2(CCC(OC)C2)C1. The van der Waals surface area contributed by atoms with Crippen molar-refractivity contribution in [3.8, 4) is 0 Å². The minimum Gasteiger partial charge on any atom is -0.381 e. The third-order valence-corrected chi connectivity index (χ3v) is 3.56. The molecule has 0 radical (unpaired) electrons. The van der Waals surface area contributed by atoms with E-state index in [2.05, 4.69) is 11.8 Å².